The molecule has 3 aliphatic rings. The molecule has 250 valence electrons. The van der Waals surface area contributed by atoms with Gasteiger partial charge in [0.2, 0.25) is 0 Å². The summed E-state index contributed by atoms with van der Waals surface area (Å²) in [6, 6.07) is 0. The first kappa shape index (κ1) is 36.5. The molecule has 1 saturated carbocycles. The zero-order valence-corrected chi connectivity index (χ0v) is 27.8. The van der Waals surface area contributed by atoms with E-state index in [9.17, 15) is 9.59 Å². The molecule has 3 fully saturated rings. The van der Waals surface area contributed by atoms with E-state index in [1.54, 1.807) is 0 Å². The van der Waals surface area contributed by atoms with Gasteiger partial charge in [-0.3, -0.25) is 19.1 Å². The van der Waals surface area contributed by atoms with Crippen molar-refractivity contribution in [2.45, 2.75) is 162 Å². The van der Waals surface area contributed by atoms with Crippen LogP contribution in [0.25, 0.3) is 0 Å². The minimum Gasteiger partial charge on any atom is -0.462 e. The minimum atomic E-state index is -1.60. The summed E-state index contributed by atoms with van der Waals surface area (Å²) in [4.78, 5) is 24.2. The highest BCUT2D eigenvalue weighted by Crippen LogP contribution is 2.38. The summed E-state index contributed by atoms with van der Waals surface area (Å²) in [6.45, 7) is 8.41. The van der Waals surface area contributed by atoms with E-state index >= 15 is 0 Å². The molecule has 0 bridgehead atoms. The third-order valence-corrected chi connectivity index (χ3v) is 8.79. The Morgan fingerprint density at radius 3 is 2.16 bits per heavy atom. The van der Waals surface area contributed by atoms with Crippen molar-refractivity contribution in [1.82, 2.24) is 0 Å². The maximum absolute atomic E-state index is 12.3. The van der Waals surface area contributed by atoms with Crippen LogP contribution in [0.15, 0.2) is 29.5 Å². The minimum absolute atomic E-state index is 0.0743. The lowest BCUT2D eigenvalue weighted by Gasteiger charge is -2.39. The second-order valence-electron chi connectivity index (χ2n) is 12.5. The Labute approximate surface area is 265 Å². The summed E-state index contributed by atoms with van der Waals surface area (Å²) < 4.78 is 35.9. The molecule has 0 radical (unpaired) electrons. The molecule has 8 nitrogen and oxygen atoms in total. The Hall–Kier alpha value is -1.96. The number of esters is 2. The molecule has 0 spiro atoms. The Kier molecular flexibility index (Phi) is 16.8. The monoisotopic (exact) mass is 618 g/mol. The number of carbonyl (C=O) groups excluding carboxylic acids is 2. The van der Waals surface area contributed by atoms with Crippen LogP contribution in [-0.4, -0.2) is 49.8 Å². The zero-order valence-electron chi connectivity index (χ0n) is 27.8. The van der Waals surface area contributed by atoms with Crippen molar-refractivity contribution >= 4 is 11.9 Å². The van der Waals surface area contributed by atoms with Gasteiger partial charge in [0.25, 0.3) is 0 Å². The lowest BCUT2D eigenvalue weighted by molar-refractivity contribution is -0.440. The summed E-state index contributed by atoms with van der Waals surface area (Å²) in [7, 11) is 0. The number of hydrogen-bond donors (Lipinski definition) is 0. The average molecular weight is 619 g/mol. The van der Waals surface area contributed by atoms with Gasteiger partial charge in [-0.15, -0.1) is 5.73 Å². The van der Waals surface area contributed by atoms with Crippen LogP contribution in [0.1, 0.15) is 137 Å². The van der Waals surface area contributed by atoms with E-state index in [4.69, 9.17) is 28.4 Å². The van der Waals surface area contributed by atoms with E-state index in [-0.39, 0.29) is 18.0 Å². The van der Waals surface area contributed by atoms with Crippen LogP contribution >= 0.6 is 0 Å². The molecule has 0 aromatic carbocycles. The summed E-state index contributed by atoms with van der Waals surface area (Å²) >= 11 is 0. The van der Waals surface area contributed by atoms with Crippen molar-refractivity contribution in [2.75, 3.05) is 13.2 Å². The molecule has 0 N–H and O–H groups in total. The van der Waals surface area contributed by atoms with Crippen LogP contribution in [0, 0.1) is 11.8 Å². The van der Waals surface area contributed by atoms with Gasteiger partial charge in [0.1, 0.15) is 6.10 Å². The molecule has 8 heteroatoms. The van der Waals surface area contributed by atoms with Crippen molar-refractivity contribution in [3.05, 3.63) is 29.5 Å². The van der Waals surface area contributed by atoms with Crippen molar-refractivity contribution in [2.24, 2.45) is 11.8 Å². The van der Waals surface area contributed by atoms with Gasteiger partial charge in [-0.2, -0.15) is 0 Å². The van der Waals surface area contributed by atoms with Gasteiger partial charge in [-0.25, -0.2) is 0 Å². The molecule has 2 unspecified atom stereocenters. The molecule has 0 amide bonds. The predicted molar refractivity (Wildman–Crippen MR) is 169 cm³/mol. The van der Waals surface area contributed by atoms with E-state index in [1.165, 1.54) is 39.5 Å². The van der Waals surface area contributed by atoms with Gasteiger partial charge in [-0.1, -0.05) is 45.3 Å². The maximum atomic E-state index is 12.3. The SMILES string of the molecule is CCCCCCC=C[C@H]1CC[C@H](OC(C)=O)[C@@H]1CC=C=C(CC)CCC(OC(C)=O)(OC1CCCCO1)OC1CCCCO1. The molecule has 2 aliphatic heterocycles. The first-order chi connectivity index (χ1) is 21.3. The van der Waals surface area contributed by atoms with E-state index in [0.29, 0.717) is 44.8 Å². The Balaban J connectivity index is 1.72. The van der Waals surface area contributed by atoms with Crippen LogP contribution in [0.4, 0.5) is 0 Å². The molecule has 44 heavy (non-hydrogen) atoms. The lowest BCUT2D eigenvalue weighted by atomic mass is 9.90. The van der Waals surface area contributed by atoms with Crippen LogP contribution < -0.4 is 0 Å². The second-order valence-corrected chi connectivity index (χ2v) is 12.5. The molecular formula is C36H58O8. The van der Waals surface area contributed by atoms with E-state index in [0.717, 1.165) is 63.4 Å². The number of rotatable bonds is 18. The summed E-state index contributed by atoms with van der Waals surface area (Å²) in [5.74, 6) is -1.68. The molecule has 5 atom stereocenters. The van der Waals surface area contributed by atoms with Gasteiger partial charge in [0.15, 0.2) is 12.6 Å². The topological polar surface area (TPSA) is 89.5 Å². The molecule has 3 rings (SSSR count). The fourth-order valence-electron chi connectivity index (χ4n) is 6.41. The molecular weight excluding hydrogens is 560 g/mol. The third-order valence-electron chi connectivity index (χ3n) is 8.79. The fraction of sp³-hybridized carbons (Fsp3) is 0.806. The molecule has 0 aromatic rings. The number of unbranched alkanes of at least 4 members (excludes halogenated alkanes) is 4. The van der Waals surface area contributed by atoms with Crippen LogP contribution in [0.2, 0.25) is 0 Å². The molecule has 0 aromatic heterocycles. The van der Waals surface area contributed by atoms with Gasteiger partial charge < -0.3 is 18.9 Å². The summed E-state index contributed by atoms with van der Waals surface area (Å²) in [5.41, 5.74) is 4.60. The highest BCUT2D eigenvalue weighted by atomic mass is 16.9. The smallest absolute Gasteiger partial charge is 0.333 e. The standard InChI is InChI=1S/C36H58O8/c1-5-7-8-9-10-11-18-31-22-23-33(41-28(3)37)32(31)19-16-17-30(6-2)24-25-36(42-29(4)38,43-34-20-12-14-26-39-34)44-35-21-13-15-27-40-35/h11,16,18,31-35H,5-10,12-15,19-27H2,1-4H3/t17?,31-,32+,33-,34?,35?,36?/m0/s1. The summed E-state index contributed by atoms with van der Waals surface area (Å²) in [5, 5.41) is 0. The van der Waals surface area contributed by atoms with Crippen molar-refractivity contribution in [1.29, 1.82) is 0 Å². The Bertz CT molecular complexity index is 920. The fourth-order valence-corrected chi connectivity index (χ4v) is 6.41. The highest BCUT2D eigenvalue weighted by Gasteiger charge is 2.43. The van der Waals surface area contributed by atoms with Crippen LogP contribution in [0.5, 0.6) is 0 Å². The average Bonchev–Trinajstić information content (AvgIpc) is 3.37. The molecule has 1 aliphatic carbocycles. The van der Waals surface area contributed by atoms with E-state index < -0.39 is 24.5 Å². The van der Waals surface area contributed by atoms with Gasteiger partial charge in [-0.05, 0) is 101 Å². The lowest BCUT2D eigenvalue weighted by Crippen LogP contribution is -2.48. The quantitative estimate of drug-likeness (QED) is 0.0497. The molecule has 2 saturated heterocycles. The Morgan fingerprint density at radius 1 is 0.886 bits per heavy atom. The normalized spacial score (nSPS) is 27.0. The maximum Gasteiger partial charge on any atom is 0.333 e. The van der Waals surface area contributed by atoms with Crippen LogP contribution in [0.3, 0.4) is 0 Å². The first-order valence-electron chi connectivity index (χ1n) is 17.4. The van der Waals surface area contributed by atoms with Crippen molar-refractivity contribution < 1.29 is 38.0 Å². The predicted octanol–water partition coefficient (Wildman–Crippen LogP) is 8.44. The van der Waals surface area contributed by atoms with Gasteiger partial charge in [0, 0.05) is 39.4 Å². The Morgan fingerprint density at radius 2 is 1.59 bits per heavy atom. The van der Waals surface area contributed by atoms with Crippen molar-refractivity contribution in [3.63, 3.8) is 0 Å². The van der Waals surface area contributed by atoms with Crippen LogP contribution in [-0.2, 0) is 38.0 Å². The van der Waals surface area contributed by atoms with Gasteiger partial charge in [0.05, 0.1) is 0 Å². The number of allylic oxidation sites excluding steroid dienone is 3. The highest BCUT2D eigenvalue weighted by molar-refractivity contribution is 5.66. The summed E-state index contributed by atoms with van der Waals surface area (Å²) in [6.07, 6.45) is 21.5. The number of ether oxygens (including phenoxy) is 6. The largest absolute Gasteiger partial charge is 0.462 e. The first-order valence-corrected chi connectivity index (χ1v) is 17.4. The molecule has 2 heterocycles. The van der Waals surface area contributed by atoms with Crippen molar-refractivity contribution in [3.8, 4) is 0 Å². The number of hydrogen-bond acceptors (Lipinski definition) is 8. The third kappa shape index (κ3) is 13.2. The second kappa shape index (κ2) is 20.2. The van der Waals surface area contributed by atoms with E-state index in [1.807, 2.05) is 0 Å². The van der Waals surface area contributed by atoms with Gasteiger partial charge >= 0.3 is 17.9 Å². The zero-order chi connectivity index (χ0) is 31.6. The van der Waals surface area contributed by atoms with E-state index in [2.05, 4.69) is 37.8 Å². The number of carbonyl (C=O) groups is 2.